The van der Waals surface area contributed by atoms with Crippen molar-refractivity contribution in [1.29, 1.82) is 0 Å². The number of nitrogens with two attached hydrogens (primary N) is 1. The molecule has 0 unspecified atom stereocenters. The molecule has 0 aromatic heterocycles. The summed E-state index contributed by atoms with van der Waals surface area (Å²) in [5.41, 5.74) is 7.66. The van der Waals surface area contributed by atoms with Crippen LogP contribution in [0.2, 0.25) is 0 Å². The number of hydrogen-bond acceptors (Lipinski definition) is 3. The van der Waals surface area contributed by atoms with Gasteiger partial charge in [-0.05, 0) is 31.0 Å². The maximum Gasteiger partial charge on any atom is 0.340 e. The molecule has 0 aliphatic carbocycles. The Hall–Kier alpha value is -1.51. The monoisotopic (exact) mass is 193 g/mol. The van der Waals surface area contributed by atoms with Crippen molar-refractivity contribution in [3.63, 3.8) is 0 Å². The van der Waals surface area contributed by atoms with Crippen LogP contribution < -0.4 is 5.73 Å². The Labute approximate surface area is 83.9 Å². The van der Waals surface area contributed by atoms with Crippen molar-refractivity contribution in [2.75, 3.05) is 12.3 Å². The smallest absolute Gasteiger partial charge is 0.340 e. The Bertz CT molecular complexity index is 334. The van der Waals surface area contributed by atoms with Crippen LogP contribution in [-0.2, 0) is 4.74 Å². The van der Waals surface area contributed by atoms with Gasteiger partial charge < -0.3 is 10.5 Å². The van der Waals surface area contributed by atoms with Crippen molar-refractivity contribution >= 4 is 11.7 Å². The van der Waals surface area contributed by atoms with Crippen LogP contribution in [0.4, 0.5) is 5.69 Å². The number of ether oxygens (including phenoxy) is 1. The summed E-state index contributed by atoms with van der Waals surface area (Å²) >= 11 is 0. The van der Waals surface area contributed by atoms with Gasteiger partial charge in [0.05, 0.1) is 12.2 Å². The minimum atomic E-state index is -0.343. The zero-order valence-electron chi connectivity index (χ0n) is 8.54. The number of carbonyl (C=O) groups excluding carboxylic acids is 1. The molecule has 1 aromatic rings. The van der Waals surface area contributed by atoms with E-state index in [1.54, 1.807) is 12.1 Å². The highest BCUT2D eigenvalue weighted by atomic mass is 16.5. The van der Waals surface area contributed by atoms with E-state index in [0.717, 1.165) is 12.0 Å². The number of esters is 1. The van der Waals surface area contributed by atoms with E-state index in [1.807, 2.05) is 19.9 Å². The summed E-state index contributed by atoms with van der Waals surface area (Å²) in [6.45, 7) is 4.31. The van der Waals surface area contributed by atoms with Crippen molar-refractivity contribution in [3.05, 3.63) is 29.3 Å². The molecule has 3 nitrogen and oxygen atoms in total. The van der Waals surface area contributed by atoms with Gasteiger partial charge in [0.1, 0.15) is 0 Å². The van der Waals surface area contributed by atoms with Gasteiger partial charge in [-0.25, -0.2) is 4.79 Å². The highest BCUT2D eigenvalue weighted by Crippen LogP contribution is 2.14. The molecule has 14 heavy (non-hydrogen) atoms. The summed E-state index contributed by atoms with van der Waals surface area (Å²) in [6.07, 6.45) is 0.817. The first-order chi connectivity index (χ1) is 6.65. The number of benzene rings is 1. The van der Waals surface area contributed by atoms with Gasteiger partial charge in [0.15, 0.2) is 0 Å². The third-order valence-electron chi connectivity index (χ3n) is 1.86. The second-order valence-corrected chi connectivity index (χ2v) is 3.23. The van der Waals surface area contributed by atoms with E-state index in [1.165, 1.54) is 0 Å². The lowest BCUT2D eigenvalue weighted by Crippen LogP contribution is -2.08. The number of rotatable bonds is 3. The molecule has 0 aliphatic rings. The summed E-state index contributed by atoms with van der Waals surface area (Å²) in [4.78, 5) is 11.4. The van der Waals surface area contributed by atoms with Gasteiger partial charge in [0.2, 0.25) is 0 Å². The van der Waals surface area contributed by atoms with Crippen molar-refractivity contribution < 1.29 is 9.53 Å². The van der Waals surface area contributed by atoms with E-state index in [4.69, 9.17) is 10.5 Å². The number of hydrogen-bond donors (Lipinski definition) is 1. The minimum Gasteiger partial charge on any atom is -0.462 e. The standard InChI is InChI=1S/C11H15NO2/c1-3-6-14-11(13)9-5-4-8(2)7-10(9)12/h4-5,7H,3,6,12H2,1-2H3. The summed E-state index contributed by atoms with van der Waals surface area (Å²) in [6, 6.07) is 5.31. The van der Waals surface area contributed by atoms with Crippen LogP contribution >= 0.6 is 0 Å². The molecule has 0 radical (unpaired) electrons. The average Bonchev–Trinajstić information content (AvgIpc) is 2.14. The van der Waals surface area contributed by atoms with Crippen LogP contribution in [0.15, 0.2) is 18.2 Å². The molecule has 0 aliphatic heterocycles. The molecule has 2 N–H and O–H groups in total. The van der Waals surface area contributed by atoms with Crippen molar-refractivity contribution in [2.45, 2.75) is 20.3 Å². The normalized spacial score (nSPS) is 9.86. The van der Waals surface area contributed by atoms with Crippen molar-refractivity contribution in [1.82, 2.24) is 0 Å². The second-order valence-electron chi connectivity index (χ2n) is 3.23. The predicted molar refractivity (Wildman–Crippen MR) is 56.2 cm³/mol. The molecule has 0 bridgehead atoms. The van der Waals surface area contributed by atoms with E-state index in [9.17, 15) is 4.79 Å². The molecule has 0 spiro atoms. The lowest BCUT2D eigenvalue weighted by atomic mass is 10.1. The lowest BCUT2D eigenvalue weighted by molar-refractivity contribution is 0.0506. The molecule has 3 heteroatoms. The average molecular weight is 193 g/mol. The van der Waals surface area contributed by atoms with Crippen LogP contribution in [0, 0.1) is 6.92 Å². The maximum atomic E-state index is 11.4. The fraction of sp³-hybridized carbons (Fsp3) is 0.364. The molecule has 0 saturated heterocycles. The SMILES string of the molecule is CCCOC(=O)c1ccc(C)cc1N. The Balaban J connectivity index is 2.80. The van der Waals surface area contributed by atoms with Gasteiger partial charge in [0, 0.05) is 5.69 Å². The Kier molecular flexibility index (Phi) is 3.51. The summed E-state index contributed by atoms with van der Waals surface area (Å²) in [5.74, 6) is -0.343. The molecular formula is C11H15NO2. The van der Waals surface area contributed by atoms with E-state index >= 15 is 0 Å². The molecule has 0 amide bonds. The van der Waals surface area contributed by atoms with Gasteiger partial charge in [-0.15, -0.1) is 0 Å². The molecular weight excluding hydrogens is 178 g/mol. The Morgan fingerprint density at radius 1 is 1.50 bits per heavy atom. The van der Waals surface area contributed by atoms with E-state index in [-0.39, 0.29) is 5.97 Å². The molecule has 1 aromatic carbocycles. The molecule has 0 saturated carbocycles. The fourth-order valence-electron chi connectivity index (χ4n) is 1.14. The van der Waals surface area contributed by atoms with Crippen LogP contribution in [0.1, 0.15) is 29.3 Å². The van der Waals surface area contributed by atoms with Gasteiger partial charge >= 0.3 is 5.97 Å². The molecule has 0 fully saturated rings. The first-order valence-electron chi connectivity index (χ1n) is 4.68. The van der Waals surface area contributed by atoms with Crippen molar-refractivity contribution in [2.24, 2.45) is 0 Å². The summed E-state index contributed by atoms with van der Waals surface area (Å²) in [7, 11) is 0. The van der Waals surface area contributed by atoms with Crippen LogP contribution in [0.3, 0.4) is 0 Å². The largest absolute Gasteiger partial charge is 0.462 e. The first-order valence-corrected chi connectivity index (χ1v) is 4.68. The number of carbonyl (C=O) groups is 1. The Morgan fingerprint density at radius 2 is 2.21 bits per heavy atom. The zero-order valence-corrected chi connectivity index (χ0v) is 8.54. The second kappa shape index (κ2) is 4.65. The maximum absolute atomic E-state index is 11.4. The molecule has 0 atom stereocenters. The van der Waals surface area contributed by atoms with Crippen LogP contribution in [0.5, 0.6) is 0 Å². The summed E-state index contributed by atoms with van der Waals surface area (Å²) in [5, 5.41) is 0. The van der Waals surface area contributed by atoms with Crippen LogP contribution in [-0.4, -0.2) is 12.6 Å². The molecule has 76 valence electrons. The quantitative estimate of drug-likeness (QED) is 0.591. The third kappa shape index (κ3) is 2.49. The minimum absolute atomic E-state index is 0.343. The van der Waals surface area contributed by atoms with Gasteiger partial charge in [-0.1, -0.05) is 13.0 Å². The Morgan fingerprint density at radius 3 is 2.79 bits per heavy atom. The van der Waals surface area contributed by atoms with Crippen molar-refractivity contribution in [3.8, 4) is 0 Å². The first kappa shape index (κ1) is 10.6. The fourth-order valence-corrected chi connectivity index (χ4v) is 1.14. The van der Waals surface area contributed by atoms with Gasteiger partial charge in [-0.2, -0.15) is 0 Å². The highest BCUT2D eigenvalue weighted by molar-refractivity contribution is 5.95. The predicted octanol–water partition coefficient (Wildman–Crippen LogP) is 2.14. The number of aryl methyl sites for hydroxylation is 1. The molecule has 1 rings (SSSR count). The zero-order chi connectivity index (χ0) is 10.6. The number of nitrogen functional groups attached to an aromatic ring is 1. The third-order valence-corrected chi connectivity index (χ3v) is 1.86. The number of anilines is 1. The highest BCUT2D eigenvalue weighted by Gasteiger charge is 2.09. The van der Waals surface area contributed by atoms with Crippen LogP contribution in [0.25, 0.3) is 0 Å². The summed E-state index contributed by atoms with van der Waals surface area (Å²) < 4.78 is 4.98. The van der Waals surface area contributed by atoms with E-state index in [0.29, 0.717) is 17.9 Å². The van der Waals surface area contributed by atoms with E-state index in [2.05, 4.69) is 0 Å². The van der Waals surface area contributed by atoms with Gasteiger partial charge in [-0.3, -0.25) is 0 Å². The topological polar surface area (TPSA) is 52.3 Å². The molecule has 0 heterocycles. The van der Waals surface area contributed by atoms with Gasteiger partial charge in [0.25, 0.3) is 0 Å². The lowest BCUT2D eigenvalue weighted by Gasteiger charge is -2.06. The van der Waals surface area contributed by atoms with E-state index < -0.39 is 0 Å².